The van der Waals surface area contributed by atoms with Gasteiger partial charge in [-0.1, -0.05) is 97.9 Å². The van der Waals surface area contributed by atoms with Gasteiger partial charge in [-0.05, 0) is 36.1 Å². The zero-order valence-electron chi connectivity index (χ0n) is 22.4. The van der Waals surface area contributed by atoms with Crippen molar-refractivity contribution < 1.29 is 19.1 Å². The monoisotopic (exact) mass is 538 g/mol. The van der Waals surface area contributed by atoms with Crippen molar-refractivity contribution in [1.82, 2.24) is 9.97 Å². The van der Waals surface area contributed by atoms with Crippen molar-refractivity contribution in [3.63, 3.8) is 0 Å². The van der Waals surface area contributed by atoms with E-state index in [0.717, 1.165) is 22.2 Å². The average molecular weight is 539 g/mol. The van der Waals surface area contributed by atoms with Gasteiger partial charge in [-0.3, -0.25) is 0 Å². The van der Waals surface area contributed by atoms with E-state index in [4.69, 9.17) is 19.4 Å². The van der Waals surface area contributed by atoms with Crippen LogP contribution in [0.4, 0.5) is 0 Å². The van der Waals surface area contributed by atoms with Gasteiger partial charge in [-0.2, -0.15) is 0 Å². The first kappa shape index (κ1) is 25.9. The predicted octanol–water partition coefficient (Wildman–Crippen LogP) is 7.90. The number of carbonyl (C=O) groups excluding carboxylic acids is 2. The van der Waals surface area contributed by atoms with Crippen molar-refractivity contribution in [3.05, 3.63) is 126 Å². The summed E-state index contributed by atoms with van der Waals surface area (Å²) in [6.07, 6.45) is 0.684. The number of rotatable bonds is 7. The SMILES string of the molecule is CCCOC(=O)c1ccc2ccccc2c1OC(=O)c1ccc2nc(-c3ccccc3)c(-c3ccccc3)nc2c1. The van der Waals surface area contributed by atoms with E-state index in [2.05, 4.69) is 0 Å². The smallest absolute Gasteiger partial charge is 0.343 e. The Labute approximate surface area is 237 Å². The molecule has 6 rings (SSSR count). The van der Waals surface area contributed by atoms with Crippen LogP contribution in [0, 0.1) is 0 Å². The maximum absolute atomic E-state index is 13.5. The van der Waals surface area contributed by atoms with Crippen LogP contribution in [0.25, 0.3) is 44.3 Å². The summed E-state index contributed by atoms with van der Waals surface area (Å²) < 4.78 is 11.3. The Morgan fingerprint density at radius 3 is 1.98 bits per heavy atom. The third-order valence-corrected chi connectivity index (χ3v) is 6.73. The Kier molecular flexibility index (Phi) is 7.20. The standard InChI is InChI=1S/C35H26N2O4/c1-2-21-40-35(39)28-19-17-23-11-9-10-16-27(23)33(28)41-34(38)26-18-20-29-30(22-26)37-32(25-14-7-4-8-15-25)31(36-29)24-12-5-3-6-13-24/h3-20,22H,2,21H2,1H3. The summed E-state index contributed by atoms with van der Waals surface area (Å²) in [5.74, 6) is -0.974. The molecule has 0 radical (unpaired) electrons. The number of carbonyl (C=O) groups is 2. The Morgan fingerprint density at radius 1 is 0.659 bits per heavy atom. The number of esters is 2. The average Bonchev–Trinajstić information content (AvgIpc) is 3.03. The molecule has 1 aromatic heterocycles. The van der Waals surface area contributed by atoms with Crippen molar-refractivity contribution in [2.75, 3.05) is 6.61 Å². The molecule has 0 saturated heterocycles. The number of benzene rings is 5. The van der Waals surface area contributed by atoms with Crippen molar-refractivity contribution in [1.29, 1.82) is 0 Å². The van der Waals surface area contributed by atoms with Gasteiger partial charge in [-0.15, -0.1) is 0 Å². The molecule has 0 aliphatic rings. The van der Waals surface area contributed by atoms with Gasteiger partial charge in [0.05, 0.1) is 34.6 Å². The third kappa shape index (κ3) is 5.28. The summed E-state index contributed by atoms with van der Waals surface area (Å²) >= 11 is 0. The van der Waals surface area contributed by atoms with Gasteiger partial charge in [-0.25, -0.2) is 19.6 Å². The zero-order chi connectivity index (χ0) is 28.2. The van der Waals surface area contributed by atoms with E-state index in [-0.39, 0.29) is 17.9 Å². The van der Waals surface area contributed by atoms with Crippen LogP contribution in [0.1, 0.15) is 34.1 Å². The van der Waals surface area contributed by atoms with E-state index >= 15 is 0 Å². The number of hydrogen-bond acceptors (Lipinski definition) is 6. The first-order valence-electron chi connectivity index (χ1n) is 13.5. The minimum Gasteiger partial charge on any atom is -0.462 e. The molecule has 1 heterocycles. The van der Waals surface area contributed by atoms with Crippen LogP contribution < -0.4 is 4.74 Å². The van der Waals surface area contributed by atoms with Gasteiger partial charge in [0.15, 0.2) is 5.75 Å². The van der Waals surface area contributed by atoms with Crippen LogP contribution in [-0.4, -0.2) is 28.5 Å². The summed E-state index contributed by atoms with van der Waals surface area (Å²) in [6, 6.07) is 35.7. The summed E-state index contributed by atoms with van der Waals surface area (Å²) in [4.78, 5) is 36.3. The summed E-state index contributed by atoms with van der Waals surface area (Å²) in [5.41, 5.74) is 5.02. The van der Waals surface area contributed by atoms with E-state index in [1.54, 1.807) is 24.3 Å². The van der Waals surface area contributed by atoms with Gasteiger partial charge in [0.2, 0.25) is 0 Å². The Balaban J connectivity index is 1.42. The number of aromatic nitrogens is 2. The molecule has 6 heteroatoms. The second kappa shape index (κ2) is 11.4. The molecule has 0 amide bonds. The van der Waals surface area contributed by atoms with E-state index in [0.29, 0.717) is 34.1 Å². The van der Waals surface area contributed by atoms with Crippen molar-refractivity contribution in [3.8, 4) is 28.3 Å². The molecule has 6 nitrogen and oxygen atoms in total. The number of nitrogens with zero attached hydrogens (tertiary/aromatic N) is 2. The molecular weight excluding hydrogens is 512 g/mol. The molecule has 0 aliphatic carbocycles. The first-order valence-corrected chi connectivity index (χ1v) is 13.5. The van der Waals surface area contributed by atoms with E-state index < -0.39 is 11.9 Å². The zero-order valence-corrected chi connectivity index (χ0v) is 22.4. The van der Waals surface area contributed by atoms with E-state index in [1.807, 2.05) is 97.9 Å². The fourth-order valence-electron chi connectivity index (χ4n) is 4.71. The molecule has 0 fully saturated rings. The topological polar surface area (TPSA) is 78.4 Å². The van der Waals surface area contributed by atoms with Crippen molar-refractivity contribution in [2.24, 2.45) is 0 Å². The molecule has 5 aromatic carbocycles. The van der Waals surface area contributed by atoms with Crippen LogP contribution >= 0.6 is 0 Å². The molecule has 6 aromatic rings. The van der Waals surface area contributed by atoms with Gasteiger partial charge in [0, 0.05) is 16.5 Å². The molecule has 0 unspecified atom stereocenters. The van der Waals surface area contributed by atoms with Gasteiger partial charge in [0.25, 0.3) is 0 Å². The van der Waals surface area contributed by atoms with E-state index in [1.165, 1.54) is 0 Å². The lowest BCUT2D eigenvalue weighted by Gasteiger charge is -2.14. The fourth-order valence-corrected chi connectivity index (χ4v) is 4.71. The highest BCUT2D eigenvalue weighted by atomic mass is 16.5. The third-order valence-electron chi connectivity index (χ3n) is 6.73. The maximum Gasteiger partial charge on any atom is 0.343 e. The molecule has 41 heavy (non-hydrogen) atoms. The highest BCUT2D eigenvalue weighted by Crippen LogP contribution is 2.33. The highest BCUT2D eigenvalue weighted by molar-refractivity contribution is 6.04. The lowest BCUT2D eigenvalue weighted by atomic mass is 10.0. The molecule has 0 saturated carbocycles. The van der Waals surface area contributed by atoms with Crippen LogP contribution in [0.15, 0.2) is 115 Å². The second-order valence-electron chi connectivity index (χ2n) is 9.55. The summed E-state index contributed by atoms with van der Waals surface area (Å²) in [5, 5.41) is 1.49. The number of hydrogen-bond donors (Lipinski definition) is 0. The highest BCUT2D eigenvalue weighted by Gasteiger charge is 2.21. The molecule has 0 N–H and O–H groups in total. The Morgan fingerprint density at radius 2 is 1.29 bits per heavy atom. The molecule has 0 bridgehead atoms. The molecule has 0 atom stereocenters. The first-order chi connectivity index (χ1) is 20.1. The lowest BCUT2D eigenvalue weighted by Crippen LogP contribution is -2.14. The van der Waals surface area contributed by atoms with Crippen LogP contribution in [-0.2, 0) is 4.74 Å². The van der Waals surface area contributed by atoms with Crippen LogP contribution in [0.5, 0.6) is 5.75 Å². The summed E-state index contributed by atoms with van der Waals surface area (Å²) in [6.45, 7) is 2.19. The normalized spacial score (nSPS) is 11.0. The Hall–Kier alpha value is -5.36. The predicted molar refractivity (Wildman–Crippen MR) is 160 cm³/mol. The molecular formula is C35H26N2O4. The largest absolute Gasteiger partial charge is 0.462 e. The summed E-state index contributed by atoms with van der Waals surface area (Å²) in [7, 11) is 0. The van der Waals surface area contributed by atoms with Crippen molar-refractivity contribution in [2.45, 2.75) is 13.3 Å². The lowest BCUT2D eigenvalue weighted by molar-refractivity contribution is 0.0500. The van der Waals surface area contributed by atoms with Gasteiger partial charge < -0.3 is 9.47 Å². The van der Waals surface area contributed by atoms with Crippen LogP contribution in [0.2, 0.25) is 0 Å². The van der Waals surface area contributed by atoms with E-state index in [9.17, 15) is 9.59 Å². The van der Waals surface area contributed by atoms with Crippen molar-refractivity contribution >= 4 is 33.7 Å². The quantitative estimate of drug-likeness (QED) is 0.152. The maximum atomic E-state index is 13.5. The Bertz CT molecular complexity index is 1890. The number of ether oxygens (including phenoxy) is 2. The van der Waals surface area contributed by atoms with Crippen LogP contribution in [0.3, 0.4) is 0 Å². The molecule has 200 valence electrons. The number of fused-ring (bicyclic) bond motifs is 2. The molecule has 0 spiro atoms. The minimum absolute atomic E-state index is 0.171. The van der Waals surface area contributed by atoms with Gasteiger partial charge in [0.1, 0.15) is 5.56 Å². The molecule has 0 aliphatic heterocycles. The minimum atomic E-state index is -0.608. The second-order valence-corrected chi connectivity index (χ2v) is 9.55. The fraction of sp³-hybridized carbons (Fsp3) is 0.0857. The van der Waals surface area contributed by atoms with Gasteiger partial charge >= 0.3 is 11.9 Å².